The quantitative estimate of drug-likeness (QED) is 0.423. The average molecular weight is 336 g/mol. The summed E-state index contributed by atoms with van der Waals surface area (Å²) < 4.78 is 7.40. The Hall–Kier alpha value is -3.51. The van der Waals surface area contributed by atoms with Crippen molar-refractivity contribution in [2.75, 3.05) is 13.7 Å². The molecule has 0 saturated carbocycles. The van der Waals surface area contributed by atoms with Gasteiger partial charge in [-0.05, 0) is 41.0 Å². The number of ether oxygens (including phenoxy) is 1. The van der Waals surface area contributed by atoms with E-state index < -0.39 is 0 Å². The van der Waals surface area contributed by atoms with Crippen LogP contribution in [0.4, 0.5) is 5.82 Å². The minimum atomic E-state index is -0.228. The minimum absolute atomic E-state index is 0.228. The van der Waals surface area contributed by atoms with E-state index in [-0.39, 0.29) is 11.7 Å². The Bertz CT molecular complexity index is 941. The standard InChI is InChI=1S/C17H16N6O2/c1-25-15-4-2-3-14-13(15)7-9-23(14)10-8-19-17(24)12-5-6-16(20-11-12)21-22-18/h2-7,9,11H,8,10H2,1H3,(H,19,24). The predicted molar refractivity (Wildman–Crippen MR) is 93.9 cm³/mol. The van der Waals surface area contributed by atoms with E-state index in [1.807, 2.05) is 30.5 Å². The molecular weight excluding hydrogens is 320 g/mol. The van der Waals surface area contributed by atoms with Crippen LogP contribution in [-0.2, 0) is 6.54 Å². The number of aromatic nitrogens is 2. The Balaban J connectivity index is 1.63. The first-order valence-corrected chi connectivity index (χ1v) is 7.64. The number of pyridine rings is 1. The molecule has 8 heteroatoms. The Morgan fingerprint density at radius 2 is 2.24 bits per heavy atom. The number of fused-ring (bicyclic) bond motifs is 1. The van der Waals surface area contributed by atoms with Gasteiger partial charge in [-0.1, -0.05) is 6.07 Å². The Labute approximate surface area is 143 Å². The second kappa shape index (κ2) is 7.37. The summed E-state index contributed by atoms with van der Waals surface area (Å²) in [4.78, 5) is 18.7. The predicted octanol–water partition coefficient (Wildman–Crippen LogP) is 3.42. The maximum absolute atomic E-state index is 12.1. The van der Waals surface area contributed by atoms with Gasteiger partial charge in [-0.3, -0.25) is 9.78 Å². The lowest BCUT2D eigenvalue weighted by Crippen LogP contribution is -2.27. The van der Waals surface area contributed by atoms with Crippen LogP contribution >= 0.6 is 0 Å². The molecule has 2 aromatic heterocycles. The van der Waals surface area contributed by atoms with E-state index >= 15 is 0 Å². The van der Waals surface area contributed by atoms with E-state index in [0.717, 1.165) is 16.7 Å². The number of hydrogen-bond acceptors (Lipinski definition) is 4. The fourth-order valence-electron chi connectivity index (χ4n) is 2.59. The molecule has 8 nitrogen and oxygen atoms in total. The van der Waals surface area contributed by atoms with Crippen molar-refractivity contribution in [3.05, 3.63) is 64.8 Å². The largest absolute Gasteiger partial charge is 0.496 e. The van der Waals surface area contributed by atoms with Gasteiger partial charge in [0, 0.05) is 35.8 Å². The molecule has 1 amide bonds. The zero-order valence-corrected chi connectivity index (χ0v) is 13.6. The molecule has 3 aromatic rings. The lowest BCUT2D eigenvalue weighted by Gasteiger charge is -2.08. The van der Waals surface area contributed by atoms with E-state index in [9.17, 15) is 4.79 Å². The highest BCUT2D eigenvalue weighted by atomic mass is 16.5. The first-order chi connectivity index (χ1) is 12.2. The second-order valence-electron chi connectivity index (χ2n) is 5.25. The van der Waals surface area contributed by atoms with Crippen LogP contribution in [0.2, 0.25) is 0 Å². The first-order valence-electron chi connectivity index (χ1n) is 7.64. The van der Waals surface area contributed by atoms with Gasteiger partial charge in [-0.2, -0.15) is 0 Å². The molecule has 25 heavy (non-hydrogen) atoms. The Kier molecular flexibility index (Phi) is 4.82. The van der Waals surface area contributed by atoms with Gasteiger partial charge in [-0.25, -0.2) is 0 Å². The number of nitrogens with zero attached hydrogens (tertiary/aromatic N) is 5. The number of azide groups is 1. The van der Waals surface area contributed by atoms with Gasteiger partial charge in [0.2, 0.25) is 0 Å². The number of nitrogens with one attached hydrogen (secondary N) is 1. The normalized spacial score (nSPS) is 10.3. The summed E-state index contributed by atoms with van der Waals surface area (Å²) in [5.74, 6) is 0.826. The van der Waals surface area contributed by atoms with Gasteiger partial charge < -0.3 is 14.6 Å². The fraction of sp³-hybridized carbons (Fsp3) is 0.176. The molecule has 2 heterocycles. The number of amides is 1. The summed E-state index contributed by atoms with van der Waals surface area (Å²) in [7, 11) is 1.65. The highest BCUT2D eigenvalue weighted by molar-refractivity contribution is 5.94. The maximum atomic E-state index is 12.1. The van der Waals surface area contributed by atoms with Crippen LogP contribution in [0, 0.1) is 0 Å². The number of hydrogen-bond donors (Lipinski definition) is 1. The molecule has 0 bridgehead atoms. The van der Waals surface area contributed by atoms with Crippen LogP contribution in [0.25, 0.3) is 21.3 Å². The molecule has 3 rings (SSSR count). The lowest BCUT2D eigenvalue weighted by molar-refractivity contribution is 0.0952. The van der Waals surface area contributed by atoms with Crippen molar-refractivity contribution in [3.63, 3.8) is 0 Å². The second-order valence-corrected chi connectivity index (χ2v) is 5.25. The van der Waals surface area contributed by atoms with Crippen molar-refractivity contribution < 1.29 is 9.53 Å². The van der Waals surface area contributed by atoms with E-state index in [1.54, 1.807) is 13.2 Å². The van der Waals surface area contributed by atoms with Crippen LogP contribution in [0.5, 0.6) is 5.75 Å². The first kappa shape index (κ1) is 16.4. The summed E-state index contributed by atoms with van der Waals surface area (Å²) in [6, 6.07) is 10.9. The highest BCUT2D eigenvalue weighted by Crippen LogP contribution is 2.25. The summed E-state index contributed by atoms with van der Waals surface area (Å²) >= 11 is 0. The average Bonchev–Trinajstić information content (AvgIpc) is 3.06. The van der Waals surface area contributed by atoms with Crippen LogP contribution in [0.1, 0.15) is 10.4 Å². The third-order valence-corrected chi connectivity index (χ3v) is 3.79. The van der Waals surface area contributed by atoms with Crippen molar-refractivity contribution in [1.82, 2.24) is 14.9 Å². The summed E-state index contributed by atoms with van der Waals surface area (Å²) in [5.41, 5.74) is 9.80. The molecule has 126 valence electrons. The third kappa shape index (κ3) is 3.54. The minimum Gasteiger partial charge on any atom is -0.496 e. The number of rotatable bonds is 6. The van der Waals surface area contributed by atoms with Gasteiger partial charge in [0.05, 0.1) is 18.2 Å². The molecule has 0 aliphatic rings. The number of methoxy groups -OCH3 is 1. The molecular formula is C17H16N6O2. The Morgan fingerprint density at radius 1 is 1.36 bits per heavy atom. The zero-order chi connectivity index (χ0) is 17.6. The summed E-state index contributed by atoms with van der Waals surface area (Å²) in [6.07, 6.45) is 3.35. The van der Waals surface area contributed by atoms with Crippen molar-refractivity contribution in [3.8, 4) is 5.75 Å². The van der Waals surface area contributed by atoms with E-state index in [0.29, 0.717) is 18.7 Å². The number of carbonyl (C=O) groups is 1. The zero-order valence-electron chi connectivity index (χ0n) is 13.6. The SMILES string of the molecule is COc1cccc2c1ccn2CCNC(=O)c1ccc(N=[N+]=[N-])nc1. The monoisotopic (exact) mass is 336 g/mol. The van der Waals surface area contributed by atoms with Gasteiger partial charge >= 0.3 is 0 Å². The molecule has 0 aliphatic heterocycles. The van der Waals surface area contributed by atoms with Crippen LogP contribution in [-0.4, -0.2) is 29.1 Å². The molecule has 0 aliphatic carbocycles. The van der Waals surface area contributed by atoms with Crippen molar-refractivity contribution in [2.45, 2.75) is 6.54 Å². The van der Waals surface area contributed by atoms with Gasteiger partial charge in [0.25, 0.3) is 5.91 Å². The molecule has 1 N–H and O–H groups in total. The van der Waals surface area contributed by atoms with Gasteiger partial charge in [0.1, 0.15) is 11.6 Å². The molecule has 0 fully saturated rings. The van der Waals surface area contributed by atoms with E-state index in [2.05, 4.69) is 24.9 Å². The molecule has 0 radical (unpaired) electrons. The van der Waals surface area contributed by atoms with Crippen molar-refractivity contribution in [2.24, 2.45) is 5.11 Å². The third-order valence-electron chi connectivity index (χ3n) is 3.79. The van der Waals surface area contributed by atoms with Crippen LogP contribution in [0.15, 0.2) is 53.9 Å². The van der Waals surface area contributed by atoms with Crippen molar-refractivity contribution >= 4 is 22.6 Å². The molecule has 0 saturated heterocycles. The fourth-order valence-corrected chi connectivity index (χ4v) is 2.59. The molecule has 0 unspecified atom stereocenters. The summed E-state index contributed by atoms with van der Waals surface area (Å²) in [5, 5.41) is 7.25. The lowest BCUT2D eigenvalue weighted by atomic mass is 10.2. The molecule has 1 aromatic carbocycles. The number of carbonyl (C=O) groups excluding carboxylic acids is 1. The maximum Gasteiger partial charge on any atom is 0.252 e. The highest BCUT2D eigenvalue weighted by Gasteiger charge is 2.08. The van der Waals surface area contributed by atoms with Crippen molar-refractivity contribution in [1.29, 1.82) is 0 Å². The molecule has 0 spiro atoms. The van der Waals surface area contributed by atoms with Crippen LogP contribution < -0.4 is 10.1 Å². The smallest absolute Gasteiger partial charge is 0.252 e. The van der Waals surface area contributed by atoms with Crippen LogP contribution in [0.3, 0.4) is 0 Å². The summed E-state index contributed by atoms with van der Waals surface area (Å²) in [6.45, 7) is 1.10. The van der Waals surface area contributed by atoms with Gasteiger partial charge in [-0.15, -0.1) is 0 Å². The van der Waals surface area contributed by atoms with E-state index in [4.69, 9.17) is 10.3 Å². The number of benzene rings is 1. The Morgan fingerprint density at radius 3 is 2.96 bits per heavy atom. The van der Waals surface area contributed by atoms with E-state index in [1.165, 1.54) is 12.3 Å². The molecule has 0 atom stereocenters. The topological polar surface area (TPSA) is 105 Å². The van der Waals surface area contributed by atoms with Gasteiger partial charge in [0.15, 0.2) is 0 Å².